The molecule has 3 heterocycles. The maximum Gasteiger partial charge on any atom is 0.222 e. The third-order valence-electron chi connectivity index (χ3n) is 6.41. The van der Waals surface area contributed by atoms with Crippen molar-refractivity contribution in [3.8, 4) is 0 Å². The molecule has 4 heteroatoms. The van der Waals surface area contributed by atoms with Gasteiger partial charge in [0, 0.05) is 38.1 Å². The normalized spacial score (nSPS) is 31.8. The van der Waals surface area contributed by atoms with Crippen molar-refractivity contribution in [2.45, 2.75) is 70.9 Å². The number of nitrogens with one attached hydrogen (secondary N) is 1. The Kier molecular flexibility index (Phi) is 5.97. The molecule has 3 aliphatic rings. The number of piperidine rings is 2. The second-order valence-corrected chi connectivity index (χ2v) is 7.99. The number of likely N-dealkylation sites (tertiary alicyclic amines) is 1. The number of nitrogens with zero attached hydrogens (tertiary/aromatic N) is 2. The maximum atomic E-state index is 12.6. The van der Waals surface area contributed by atoms with Gasteiger partial charge in [-0.25, -0.2) is 0 Å². The third kappa shape index (κ3) is 4.48. The summed E-state index contributed by atoms with van der Waals surface area (Å²) in [6.45, 7) is 9.97. The first-order chi connectivity index (χ1) is 11.2. The molecule has 3 rings (SSSR count). The van der Waals surface area contributed by atoms with E-state index in [1.807, 2.05) is 0 Å². The van der Waals surface area contributed by atoms with Gasteiger partial charge in [-0.1, -0.05) is 13.8 Å². The molecule has 132 valence electrons. The largest absolute Gasteiger partial charge is 0.343 e. The van der Waals surface area contributed by atoms with Crippen molar-refractivity contribution in [3.05, 3.63) is 0 Å². The van der Waals surface area contributed by atoms with E-state index < -0.39 is 0 Å². The van der Waals surface area contributed by atoms with Crippen molar-refractivity contribution in [2.24, 2.45) is 11.8 Å². The number of carbonyl (C=O) groups excluding carboxylic acids is 1. The molecule has 3 fully saturated rings. The van der Waals surface area contributed by atoms with Crippen LogP contribution in [0.5, 0.6) is 0 Å². The molecule has 3 saturated heterocycles. The van der Waals surface area contributed by atoms with Crippen LogP contribution in [0.4, 0.5) is 0 Å². The van der Waals surface area contributed by atoms with E-state index in [-0.39, 0.29) is 0 Å². The summed E-state index contributed by atoms with van der Waals surface area (Å²) in [6, 6.07) is 1.40. The van der Waals surface area contributed by atoms with Gasteiger partial charge >= 0.3 is 0 Å². The lowest BCUT2D eigenvalue weighted by Crippen LogP contribution is -2.44. The molecule has 1 amide bonds. The van der Waals surface area contributed by atoms with Crippen molar-refractivity contribution in [1.82, 2.24) is 15.1 Å². The fraction of sp³-hybridized carbons (Fsp3) is 0.947. The first-order valence-corrected chi connectivity index (χ1v) is 9.94. The van der Waals surface area contributed by atoms with Gasteiger partial charge in [-0.3, -0.25) is 4.79 Å². The van der Waals surface area contributed by atoms with Gasteiger partial charge in [0.25, 0.3) is 0 Å². The highest BCUT2D eigenvalue weighted by Gasteiger charge is 2.35. The third-order valence-corrected chi connectivity index (χ3v) is 6.41. The van der Waals surface area contributed by atoms with E-state index >= 15 is 0 Å². The average molecular weight is 322 g/mol. The zero-order valence-corrected chi connectivity index (χ0v) is 15.1. The zero-order chi connectivity index (χ0) is 16.2. The molecule has 0 aromatic carbocycles. The summed E-state index contributed by atoms with van der Waals surface area (Å²) in [7, 11) is 0. The predicted octanol–water partition coefficient (Wildman–Crippen LogP) is 2.49. The Bertz CT molecular complexity index is 376. The van der Waals surface area contributed by atoms with Gasteiger partial charge in [0.05, 0.1) is 0 Å². The van der Waals surface area contributed by atoms with Crippen molar-refractivity contribution >= 4 is 5.91 Å². The Morgan fingerprint density at radius 3 is 2.17 bits per heavy atom. The Balaban J connectivity index is 1.40. The smallest absolute Gasteiger partial charge is 0.222 e. The Morgan fingerprint density at radius 2 is 1.61 bits per heavy atom. The van der Waals surface area contributed by atoms with E-state index in [4.69, 9.17) is 0 Å². The summed E-state index contributed by atoms with van der Waals surface area (Å²) >= 11 is 0. The van der Waals surface area contributed by atoms with E-state index in [0.717, 1.165) is 38.5 Å². The summed E-state index contributed by atoms with van der Waals surface area (Å²) < 4.78 is 0. The molecule has 1 N–H and O–H groups in total. The van der Waals surface area contributed by atoms with Crippen LogP contribution in [0.2, 0.25) is 0 Å². The van der Waals surface area contributed by atoms with E-state index in [2.05, 4.69) is 29.0 Å². The number of fused-ring (bicyclic) bond motifs is 2. The highest BCUT2D eigenvalue weighted by molar-refractivity contribution is 5.76. The fourth-order valence-electron chi connectivity index (χ4n) is 4.93. The zero-order valence-electron chi connectivity index (χ0n) is 15.1. The van der Waals surface area contributed by atoms with Gasteiger partial charge in [-0.15, -0.1) is 0 Å². The highest BCUT2D eigenvalue weighted by Crippen LogP contribution is 2.33. The van der Waals surface area contributed by atoms with Crippen LogP contribution in [0.25, 0.3) is 0 Å². The van der Waals surface area contributed by atoms with Gasteiger partial charge in [-0.05, 0) is 63.5 Å². The van der Waals surface area contributed by atoms with Crippen molar-refractivity contribution in [3.63, 3.8) is 0 Å². The average Bonchev–Trinajstić information content (AvgIpc) is 2.91. The number of hydrogen-bond acceptors (Lipinski definition) is 3. The highest BCUT2D eigenvalue weighted by atomic mass is 16.2. The Morgan fingerprint density at radius 1 is 1.00 bits per heavy atom. The van der Waals surface area contributed by atoms with Crippen LogP contribution in [0.3, 0.4) is 0 Å². The fourth-order valence-corrected chi connectivity index (χ4v) is 4.93. The minimum atomic E-state index is 0.428. The Hall–Kier alpha value is -0.610. The monoisotopic (exact) mass is 321 g/mol. The molecule has 0 aliphatic carbocycles. The standard InChI is InChI=1S/C19H35N3O/c1-3-21(4-2)14-15-7-9-22(10-8-15)19(23)13-16-11-17-5-6-18(12-16)20-17/h15-18,20H,3-14H2,1-2H3. The van der Waals surface area contributed by atoms with Crippen LogP contribution in [0, 0.1) is 11.8 Å². The number of amides is 1. The summed E-state index contributed by atoms with van der Waals surface area (Å²) in [6.07, 6.45) is 8.29. The van der Waals surface area contributed by atoms with E-state index in [0.29, 0.717) is 23.9 Å². The predicted molar refractivity (Wildman–Crippen MR) is 94.4 cm³/mol. The molecule has 2 bridgehead atoms. The summed E-state index contributed by atoms with van der Waals surface area (Å²) in [5.41, 5.74) is 0. The van der Waals surface area contributed by atoms with Gasteiger partial charge in [-0.2, -0.15) is 0 Å². The Labute approximate surface area is 142 Å². The van der Waals surface area contributed by atoms with E-state index in [1.165, 1.54) is 45.1 Å². The van der Waals surface area contributed by atoms with Crippen LogP contribution in [-0.2, 0) is 4.79 Å². The van der Waals surface area contributed by atoms with Crippen molar-refractivity contribution in [2.75, 3.05) is 32.7 Å². The molecule has 0 aromatic rings. The number of carbonyl (C=O) groups is 1. The van der Waals surface area contributed by atoms with Gasteiger partial charge in [0.2, 0.25) is 5.91 Å². The molecular formula is C19H35N3O. The summed E-state index contributed by atoms with van der Waals surface area (Å²) in [5.74, 6) is 1.85. The quantitative estimate of drug-likeness (QED) is 0.816. The van der Waals surface area contributed by atoms with E-state index in [9.17, 15) is 4.79 Å². The molecule has 23 heavy (non-hydrogen) atoms. The SMILES string of the molecule is CCN(CC)CC1CCN(C(=O)CC2CC3CCC(C2)N3)CC1. The number of rotatable bonds is 6. The van der Waals surface area contributed by atoms with Crippen LogP contribution in [0.15, 0.2) is 0 Å². The van der Waals surface area contributed by atoms with Crippen LogP contribution < -0.4 is 5.32 Å². The minimum absolute atomic E-state index is 0.428. The molecule has 0 spiro atoms. The second-order valence-electron chi connectivity index (χ2n) is 7.99. The lowest BCUT2D eigenvalue weighted by molar-refractivity contribution is -0.134. The van der Waals surface area contributed by atoms with Gasteiger partial charge < -0.3 is 15.1 Å². The molecule has 0 aromatic heterocycles. The molecular weight excluding hydrogens is 286 g/mol. The topological polar surface area (TPSA) is 35.6 Å². The molecule has 4 nitrogen and oxygen atoms in total. The minimum Gasteiger partial charge on any atom is -0.343 e. The summed E-state index contributed by atoms with van der Waals surface area (Å²) in [5, 5.41) is 3.68. The van der Waals surface area contributed by atoms with Crippen molar-refractivity contribution < 1.29 is 4.79 Å². The van der Waals surface area contributed by atoms with Crippen LogP contribution in [-0.4, -0.2) is 60.5 Å². The van der Waals surface area contributed by atoms with Gasteiger partial charge in [0.1, 0.15) is 0 Å². The molecule has 2 unspecified atom stereocenters. The first kappa shape index (κ1) is 17.2. The molecule has 0 saturated carbocycles. The molecule has 0 radical (unpaired) electrons. The van der Waals surface area contributed by atoms with Crippen LogP contribution >= 0.6 is 0 Å². The lowest BCUT2D eigenvalue weighted by Gasteiger charge is -2.36. The van der Waals surface area contributed by atoms with Crippen LogP contribution in [0.1, 0.15) is 58.8 Å². The van der Waals surface area contributed by atoms with Crippen molar-refractivity contribution in [1.29, 1.82) is 0 Å². The molecule has 2 atom stereocenters. The maximum absolute atomic E-state index is 12.6. The van der Waals surface area contributed by atoms with E-state index in [1.54, 1.807) is 0 Å². The lowest BCUT2D eigenvalue weighted by atomic mass is 9.88. The van der Waals surface area contributed by atoms with Gasteiger partial charge in [0.15, 0.2) is 0 Å². The first-order valence-electron chi connectivity index (χ1n) is 9.94. The molecule has 3 aliphatic heterocycles. The number of hydrogen-bond donors (Lipinski definition) is 1. The second kappa shape index (κ2) is 7.98. The summed E-state index contributed by atoms with van der Waals surface area (Å²) in [4.78, 5) is 17.3.